The summed E-state index contributed by atoms with van der Waals surface area (Å²) in [4.78, 5) is 23.0. The van der Waals surface area contributed by atoms with Crippen molar-refractivity contribution >= 4 is 11.6 Å². The lowest BCUT2D eigenvalue weighted by molar-refractivity contribution is 0.350. The van der Waals surface area contributed by atoms with Gasteiger partial charge in [-0.15, -0.1) is 0 Å². The molecule has 0 amide bonds. The van der Waals surface area contributed by atoms with Crippen LogP contribution in [-0.2, 0) is 0 Å². The van der Waals surface area contributed by atoms with Crippen LogP contribution in [0.5, 0.6) is 0 Å². The number of benzene rings is 1. The summed E-state index contributed by atoms with van der Waals surface area (Å²) in [5.74, 6) is 5.10. The number of nitrogens with zero attached hydrogens (tertiary/aromatic N) is 1. The van der Waals surface area contributed by atoms with Crippen molar-refractivity contribution < 1.29 is 5.11 Å². The van der Waals surface area contributed by atoms with Crippen molar-refractivity contribution in [3.8, 4) is 17.5 Å². The Morgan fingerprint density at radius 2 is 1.94 bits per heavy atom. The first-order valence-electron chi connectivity index (χ1n) is 4.93. The van der Waals surface area contributed by atoms with E-state index in [9.17, 15) is 9.59 Å². The number of H-pyrrole nitrogens is 2. The van der Waals surface area contributed by atoms with Gasteiger partial charge in [0, 0.05) is 10.6 Å². The normalized spacial score (nSPS) is 9.89. The topological polar surface area (TPSA) is 90.9 Å². The molecular formula is C11H8ClN3O3. The number of rotatable bonds is 1. The standard InChI is InChI=1S/C11H8ClN3O3/c12-8-4-3-7(2-1-5-16)9(6-8)15-10(17)13-14-11(15)18/h3-4,6,16H,5H2,(H,13,17)(H,14,18). The minimum absolute atomic E-state index is 0.260. The van der Waals surface area contributed by atoms with E-state index in [1.54, 1.807) is 12.1 Å². The van der Waals surface area contributed by atoms with Crippen LogP contribution in [0.1, 0.15) is 5.56 Å². The van der Waals surface area contributed by atoms with Crippen LogP contribution >= 0.6 is 11.6 Å². The number of halogens is 1. The van der Waals surface area contributed by atoms with Gasteiger partial charge in [0.05, 0.1) is 5.69 Å². The quantitative estimate of drug-likeness (QED) is 0.627. The summed E-state index contributed by atoms with van der Waals surface area (Å²) >= 11 is 5.84. The van der Waals surface area contributed by atoms with E-state index >= 15 is 0 Å². The molecule has 18 heavy (non-hydrogen) atoms. The monoisotopic (exact) mass is 265 g/mol. The molecule has 1 heterocycles. The second-order valence-electron chi connectivity index (χ2n) is 3.32. The number of aromatic amines is 2. The maximum absolute atomic E-state index is 11.5. The van der Waals surface area contributed by atoms with E-state index in [1.165, 1.54) is 6.07 Å². The van der Waals surface area contributed by atoms with Crippen LogP contribution in [0.3, 0.4) is 0 Å². The third-order valence-corrected chi connectivity index (χ3v) is 2.42. The van der Waals surface area contributed by atoms with Crippen LogP contribution < -0.4 is 11.4 Å². The summed E-state index contributed by atoms with van der Waals surface area (Å²) in [5, 5.41) is 13.4. The number of hydrogen-bond donors (Lipinski definition) is 3. The van der Waals surface area contributed by atoms with Crippen LogP contribution in [0.4, 0.5) is 0 Å². The molecule has 7 heteroatoms. The van der Waals surface area contributed by atoms with E-state index in [0.29, 0.717) is 10.6 Å². The molecule has 0 spiro atoms. The molecule has 6 nitrogen and oxygen atoms in total. The Morgan fingerprint density at radius 3 is 2.56 bits per heavy atom. The fourth-order valence-corrected chi connectivity index (χ4v) is 1.63. The molecule has 0 radical (unpaired) electrons. The van der Waals surface area contributed by atoms with Gasteiger partial charge in [0.2, 0.25) is 0 Å². The van der Waals surface area contributed by atoms with Crippen LogP contribution in [0.2, 0.25) is 5.02 Å². The van der Waals surface area contributed by atoms with Crippen LogP contribution in [-0.4, -0.2) is 26.5 Å². The van der Waals surface area contributed by atoms with E-state index in [4.69, 9.17) is 16.7 Å². The zero-order valence-corrected chi connectivity index (χ0v) is 9.78. The van der Waals surface area contributed by atoms with Gasteiger partial charge in [0.1, 0.15) is 6.61 Å². The number of aromatic nitrogens is 3. The molecule has 92 valence electrons. The first-order valence-corrected chi connectivity index (χ1v) is 5.30. The van der Waals surface area contributed by atoms with Crippen molar-refractivity contribution in [2.24, 2.45) is 0 Å². The van der Waals surface area contributed by atoms with E-state index in [-0.39, 0.29) is 12.3 Å². The van der Waals surface area contributed by atoms with Gasteiger partial charge in [-0.05, 0) is 18.2 Å². The van der Waals surface area contributed by atoms with Gasteiger partial charge in [-0.1, -0.05) is 23.4 Å². The maximum Gasteiger partial charge on any atom is 0.349 e. The molecule has 1 aromatic heterocycles. The third kappa shape index (κ3) is 2.22. The summed E-state index contributed by atoms with van der Waals surface area (Å²) in [6, 6.07) is 4.60. The van der Waals surface area contributed by atoms with Crippen LogP contribution in [0, 0.1) is 11.8 Å². The summed E-state index contributed by atoms with van der Waals surface area (Å²) in [6.45, 7) is -0.319. The Labute approximate surface area is 106 Å². The molecule has 0 fully saturated rings. The minimum Gasteiger partial charge on any atom is -0.384 e. The SMILES string of the molecule is O=c1[nH][nH]c(=O)n1-c1cc(Cl)ccc1C#CCO. The smallest absolute Gasteiger partial charge is 0.349 e. The van der Waals surface area contributed by atoms with Gasteiger partial charge < -0.3 is 5.11 Å². The molecule has 1 aromatic carbocycles. The van der Waals surface area contributed by atoms with E-state index < -0.39 is 11.4 Å². The van der Waals surface area contributed by atoms with Crippen molar-refractivity contribution in [1.29, 1.82) is 0 Å². The summed E-state index contributed by atoms with van der Waals surface area (Å²) in [7, 11) is 0. The van der Waals surface area contributed by atoms with Crippen molar-refractivity contribution in [3.63, 3.8) is 0 Å². The molecule has 0 saturated carbocycles. The molecule has 2 rings (SSSR count). The highest BCUT2D eigenvalue weighted by molar-refractivity contribution is 6.30. The van der Waals surface area contributed by atoms with Gasteiger partial charge in [-0.25, -0.2) is 24.4 Å². The van der Waals surface area contributed by atoms with Gasteiger partial charge in [0.15, 0.2) is 0 Å². The molecule has 3 N–H and O–H groups in total. The lowest BCUT2D eigenvalue weighted by atomic mass is 10.2. The van der Waals surface area contributed by atoms with Crippen LogP contribution in [0.25, 0.3) is 5.69 Å². The predicted molar refractivity (Wildman–Crippen MR) is 66.0 cm³/mol. The second-order valence-corrected chi connectivity index (χ2v) is 3.75. The van der Waals surface area contributed by atoms with Crippen molar-refractivity contribution in [2.75, 3.05) is 6.61 Å². The molecule has 0 atom stereocenters. The predicted octanol–water partition coefficient (Wildman–Crippen LogP) is -0.149. The largest absolute Gasteiger partial charge is 0.384 e. The van der Waals surface area contributed by atoms with Gasteiger partial charge in [-0.2, -0.15) is 0 Å². The Kier molecular flexibility index (Phi) is 3.37. The molecule has 0 aliphatic rings. The molecule has 0 saturated heterocycles. The number of aliphatic hydroxyl groups excluding tert-OH is 1. The molecular weight excluding hydrogens is 258 g/mol. The van der Waals surface area contributed by atoms with Crippen LogP contribution in [0.15, 0.2) is 27.8 Å². The van der Waals surface area contributed by atoms with Crippen molar-refractivity contribution in [1.82, 2.24) is 14.8 Å². The number of nitrogens with one attached hydrogen (secondary N) is 2. The average molecular weight is 266 g/mol. The minimum atomic E-state index is -0.616. The average Bonchev–Trinajstić information content (AvgIpc) is 2.67. The Morgan fingerprint density at radius 1 is 1.28 bits per heavy atom. The molecule has 0 aliphatic heterocycles. The van der Waals surface area contributed by atoms with E-state index in [2.05, 4.69) is 22.0 Å². The zero-order chi connectivity index (χ0) is 13.1. The maximum atomic E-state index is 11.5. The highest BCUT2D eigenvalue weighted by Gasteiger charge is 2.10. The molecule has 0 bridgehead atoms. The van der Waals surface area contributed by atoms with Crippen molar-refractivity contribution in [3.05, 3.63) is 49.8 Å². The Balaban J connectivity index is 2.73. The lowest BCUT2D eigenvalue weighted by Crippen LogP contribution is -2.25. The van der Waals surface area contributed by atoms with E-state index in [1.807, 2.05) is 0 Å². The number of hydrogen-bond acceptors (Lipinski definition) is 3. The van der Waals surface area contributed by atoms with E-state index in [0.717, 1.165) is 4.57 Å². The summed E-state index contributed by atoms with van der Waals surface area (Å²) < 4.78 is 0.882. The summed E-state index contributed by atoms with van der Waals surface area (Å²) in [5.41, 5.74) is -0.555. The molecule has 2 aromatic rings. The molecule has 0 aliphatic carbocycles. The fraction of sp³-hybridized carbons (Fsp3) is 0.0909. The Bertz CT molecular complexity index is 718. The van der Waals surface area contributed by atoms with Gasteiger partial charge >= 0.3 is 11.4 Å². The summed E-state index contributed by atoms with van der Waals surface area (Å²) in [6.07, 6.45) is 0. The first-order chi connectivity index (χ1) is 8.63. The number of aliphatic hydroxyl groups is 1. The highest BCUT2D eigenvalue weighted by atomic mass is 35.5. The zero-order valence-electron chi connectivity index (χ0n) is 9.03. The van der Waals surface area contributed by atoms with Gasteiger partial charge in [0.25, 0.3) is 0 Å². The highest BCUT2D eigenvalue weighted by Crippen LogP contribution is 2.17. The lowest BCUT2D eigenvalue weighted by Gasteiger charge is -2.03. The third-order valence-electron chi connectivity index (χ3n) is 2.19. The molecule has 0 unspecified atom stereocenters. The Hall–Kier alpha value is -2.23. The first kappa shape index (κ1) is 12.2. The van der Waals surface area contributed by atoms with Gasteiger partial charge in [-0.3, -0.25) is 0 Å². The fourth-order valence-electron chi connectivity index (χ4n) is 1.46. The van der Waals surface area contributed by atoms with Crippen molar-refractivity contribution in [2.45, 2.75) is 0 Å². The second kappa shape index (κ2) is 4.96.